The molecule has 0 aliphatic carbocycles. The van der Waals surface area contributed by atoms with Crippen LogP contribution >= 0.6 is 0 Å². The number of methoxy groups -OCH3 is 2. The maximum Gasteiger partial charge on any atom is 0.356 e. The molecule has 1 saturated heterocycles. The molecular formula is C16H19N3O6. The van der Waals surface area contributed by atoms with Gasteiger partial charge >= 0.3 is 17.8 Å². The molecule has 2 aliphatic rings. The first-order valence-electron chi connectivity index (χ1n) is 7.78. The summed E-state index contributed by atoms with van der Waals surface area (Å²) < 4.78 is 21.4. The van der Waals surface area contributed by atoms with Gasteiger partial charge in [0, 0.05) is 24.8 Å². The van der Waals surface area contributed by atoms with Gasteiger partial charge in [0.25, 0.3) is 5.88 Å². The molecule has 0 radical (unpaired) electrons. The van der Waals surface area contributed by atoms with Crippen molar-refractivity contribution in [3.63, 3.8) is 0 Å². The van der Waals surface area contributed by atoms with Crippen molar-refractivity contribution in [1.82, 2.24) is 10.3 Å². The van der Waals surface area contributed by atoms with Gasteiger partial charge in [-0.05, 0) is 13.0 Å². The minimum absolute atomic E-state index is 0.126. The predicted octanol–water partition coefficient (Wildman–Crippen LogP) is 0.208. The number of anilines is 1. The maximum atomic E-state index is 12.0. The van der Waals surface area contributed by atoms with Gasteiger partial charge in [-0.2, -0.15) is 0 Å². The Morgan fingerprint density at radius 1 is 1.20 bits per heavy atom. The van der Waals surface area contributed by atoms with Crippen molar-refractivity contribution < 1.29 is 28.5 Å². The molecule has 134 valence electrons. The fourth-order valence-corrected chi connectivity index (χ4v) is 2.79. The third-order valence-corrected chi connectivity index (χ3v) is 3.90. The Kier molecular flexibility index (Phi) is 4.75. The Morgan fingerprint density at radius 2 is 1.92 bits per heavy atom. The molecule has 3 heterocycles. The van der Waals surface area contributed by atoms with Gasteiger partial charge in [-0.15, -0.1) is 0 Å². The summed E-state index contributed by atoms with van der Waals surface area (Å²) in [6, 6.07) is 1.69. The van der Waals surface area contributed by atoms with Crippen molar-refractivity contribution in [3.8, 4) is 11.6 Å². The molecule has 25 heavy (non-hydrogen) atoms. The maximum absolute atomic E-state index is 12.0. The summed E-state index contributed by atoms with van der Waals surface area (Å²) in [5, 5.41) is 3.13. The average molecular weight is 349 g/mol. The summed E-state index contributed by atoms with van der Waals surface area (Å²) in [7, 11) is 2.99. The standard InChI is InChI=1S/C16H19N3O6/c1-22-12-8-11(9-18-15(12)23-2)19-7-3-6-17-10-16(19)24-13(20)4-5-14(21)25-16/h4-5,8-9,17H,3,6-7,10H2,1-2H3. The van der Waals surface area contributed by atoms with E-state index in [9.17, 15) is 9.59 Å². The highest BCUT2D eigenvalue weighted by Crippen LogP contribution is 2.34. The molecule has 0 saturated carbocycles. The third-order valence-electron chi connectivity index (χ3n) is 3.90. The minimum atomic E-state index is -1.60. The first-order valence-corrected chi connectivity index (χ1v) is 7.78. The number of esters is 2. The highest BCUT2D eigenvalue weighted by molar-refractivity contribution is 5.93. The van der Waals surface area contributed by atoms with Gasteiger partial charge in [-0.3, -0.25) is 4.90 Å². The first kappa shape index (κ1) is 17.0. The van der Waals surface area contributed by atoms with Crippen molar-refractivity contribution >= 4 is 17.6 Å². The van der Waals surface area contributed by atoms with Crippen molar-refractivity contribution in [3.05, 3.63) is 24.4 Å². The Labute approximate surface area is 144 Å². The molecule has 0 aromatic carbocycles. The van der Waals surface area contributed by atoms with Crippen molar-refractivity contribution in [2.45, 2.75) is 12.3 Å². The molecular weight excluding hydrogens is 330 g/mol. The van der Waals surface area contributed by atoms with Gasteiger partial charge in [0.1, 0.15) is 0 Å². The summed E-state index contributed by atoms with van der Waals surface area (Å²) in [4.78, 5) is 29.8. The number of nitrogens with one attached hydrogen (secondary N) is 1. The largest absolute Gasteiger partial charge is 0.491 e. The van der Waals surface area contributed by atoms with Crippen LogP contribution in [0.4, 0.5) is 5.69 Å². The fourth-order valence-electron chi connectivity index (χ4n) is 2.79. The predicted molar refractivity (Wildman–Crippen MR) is 86.2 cm³/mol. The van der Waals surface area contributed by atoms with Crippen molar-refractivity contribution in [2.75, 3.05) is 38.8 Å². The summed E-state index contributed by atoms with van der Waals surface area (Å²) >= 11 is 0. The second kappa shape index (κ2) is 6.98. The van der Waals surface area contributed by atoms with Crippen LogP contribution in [0, 0.1) is 0 Å². The van der Waals surface area contributed by atoms with Crippen molar-refractivity contribution in [2.24, 2.45) is 0 Å². The number of hydrogen-bond acceptors (Lipinski definition) is 9. The molecule has 1 aromatic rings. The summed E-state index contributed by atoms with van der Waals surface area (Å²) in [5.41, 5.74) is 0.573. The summed E-state index contributed by atoms with van der Waals surface area (Å²) in [6.07, 6.45) is 4.40. The van der Waals surface area contributed by atoms with E-state index in [-0.39, 0.29) is 6.54 Å². The summed E-state index contributed by atoms with van der Waals surface area (Å²) in [5.74, 6) is -2.18. The zero-order chi connectivity index (χ0) is 17.9. The molecule has 1 aromatic heterocycles. The van der Waals surface area contributed by atoms with Gasteiger partial charge < -0.3 is 24.3 Å². The Hall–Kier alpha value is -2.81. The number of pyridine rings is 1. The van der Waals surface area contributed by atoms with E-state index in [4.69, 9.17) is 18.9 Å². The lowest BCUT2D eigenvalue weighted by molar-refractivity contribution is -0.217. The van der Waals surface area contributed by atoms with Crippen LogP contribution in [0.15, 0.2) is 24.4 Å². The van der Waals surface area contributed by atoms with Gasteiger partial charge in [0.2, 0.25) is 0 Å². The molecule has 1 N–H and O–H groups in total. The smallest absolute Gasteiger partial charge is 0.356 e. The number of carbonyl (C=O) groups is 2. The minimum Gasteiger partial charge on any atom is -0.491 e. The van der Waals surface area contributed by atoms with Gasteiger partial charge in [0.05, 0.1) is 32.6 Å². The Bertz CT molecular complexity index is 685. The normalized spacial score (nSPS) is 19.7. The van der Waals surface area contributed by atoms with E-state index in [0.29, 0.717) is 30.4 Å². The van der Waals surface area contributed by atoms with Gasteiger partial charge in [-0.1, -0.05) is 0 Å². The molecule has 1 fully saturated rings. The topological polar surface area (TPSA) is 99.2 Å². The van der Waals surface area contributed by atoms with Crippen LogP contribution < -0.4 is 19.7 Å². The van der Waals surface area contributed by atoms with E-state index in [1.165, 1.54) is 14.2 Å². The number of aromatic nitrogens is 1. The first-order chi connectivity index (χ1) is 12.1. The Balaban J connectivity index is 2.04. The van der Waals surface area contributed by atoms with E-state index < -0.39 is 17.8 Å². The van der Waals surface area contributed by atoms with E-state index in [2.05, 4.69) is 10.3 Å². The van der Waals surface area contributed by atoms with Crippen LogP contribution in [0.25, 0.3) is 0 Å². The number of ether oxygens (including phenoxy) is 4. The second-order valence-corrected chi connectivity index (χ2v) is 5.48. The van der Waals surface area contributed by atoms with Crippen LogP contribution in [0.5, 0.6) is 11.6 Å². The van der Waals surface area contributed by atoms with Gasteiger partial charge in [0.15, 0.2) is 5.75 Å². The SMILES string of the molecule is COc1cc(N2CCCNCC23OC(=O)C=CC(=O)O3)cnc1OC. The lowest BCUT2D eigenvalue weighted by Crippen LogP contribution is -2.58. The van der Waals surface area contributed by atoms with Crippen LogP contribution in [-0.4, -0.2) is 56.7 Å². The molecule has 9 heteroatoms. The molecule has 1 spiro atoms. The zero-order valence-corrected chi connectivity index (χ0v) is 14.0. The molecule has 0 atom stereocenters. The fraction of sp³-hybridized carbons (Fsp3) is 0.438. The number of rotatable bonds is 3. The van der Waals surface area contributed by atoms with Gasteiger partial charge in [-0.25, -0.2) is 14.6 Å². The van der Waals surface area contributed by atoms with Crippen LogP contribution in [0.3, 0.4) is 0 Å². The zero-order valence-electron chi connectivity index (χ0n) is 14.0. The monoisotopic (exact) mass is 349 g/mol. The van der Waals surface area contributed by atoms with E-state index >= 15 is 0 Å². The quantitative estimate of drug-likeness (QED) is 0.768. The number of nitrogens with zero attached hydrogens (tertiary/aromatic N) is 2. The third kappa shape index (κ3) is 3.36. The highest BCUT2D eigenvalue weighted by Gasteiger charge is 2.47. The molecule has 0 unspecified atom stereocenters. The Morgan fingerprint density at radius 3 is 2.56 bits per heavy atom. The van der Waals surface area contributed by atoms with E-state index in [0.717, 1.165) is 18.6 Å². The van der Waals surface area contributed by atoms with Crippen LogP contribution in [0.1, 0.15) is 6.42 Å². The number of carbonyl (C=O) groups excluding carboxylic acids is 2. The summed E-state index contributed by atoms with van der Waals surface area (Å²) in [6.45, 7) is 1.28. The molecule has 9 nitrogen and oxygen atoms in total. The molecule has 0 amide bonds. The van der Waals surface area contributed by atoms with Crippen molar-refractivity contribution in [1.29, 1.82) is 0 Å². The van der Waals surface area contributed by atoms with Crippen LogP contribution in [0.2, 0.25) is 0 Å². The number of hydrogen-bond donors (Lipinski definition) is 1. The molecule has 0 bridgehead atoms. The van der Waals surface area contributed by atoms with E-state index in [1.54, 1.807) is 17.2 Å². The molecule has 2 aliphatic heterocycles. The second-order valence-electron chi connectivity index (χ2n) is 5.48. The lowest BCUT2D eigenvalue weighted by Gasteiger charge is -2.40. The molecule has 3 rings (SSSR count). The van der Waals surface area contributed by atoms with Crippen LogP contribution in [-0.2, 0) is 19.1 Å². The lowest BCUT2D eigenvalue weighted by atomic mass is 10.2. The van der Waals surface area contributed by atoms with E-state index in [1.807, 2.05) is 0 Å². The highest BCUT2D eigenvalue weighted by atomic mass is 16.8. The average Bonchev–Trinajstić information content (AvgIpc) is 2.89.